The van der Waals surface area contributed by atoms with Crippen LogP contribution in [0.15, 0.2) is 24.3 Å². The molecule has 0 saturated heterocycles. The molecule has 0 amide bonds. The third kappa shape index (κ3) is 2.90. The standard InChI is InChI=1S/C12H21NOSi/c1-8(9(2)13)11-6-4-5-7-12(11)10(3)14-15/h4-10H,13H2,1-3,15H3. The van der Waals surface area contributed by atoms with Gasteiger partial charge in [0.1, 0.15) is 10.5 Å². The normalized spacial score (nSPS) is 17.3. The fourth-order valence-electron chi connectivity index (χ4n) is 1.71. The monoisotopic (exact) mass is 223 g/mol. The van der Waals surface area contributed by atoms with Crippen molar-refractivity contribution >= 4 is 10.5 Å². The second-order valence-corrected chi connectivity index (χ2v) is 4.63. The molecule has 0 aromatic heterocycles. The summed E-state index contributed by atoms with van der Waals surface area (Å²) in [6.45, 7) is 6.32. The maximum Gasteiger partial charge on any atom is 0.146 e. The van der Waals surface area contributed by atoms with Crippen LogP contribution in [-0.2, 0) is 4.43 Å². The highest BCUT2D eigenvalue weighted by Crippen LogP contribution is 2.27. The average molecular weight is 223 g/mol. The van der Waals surface area contributed by atoms with E-state index in [1.807, 2.05) is 6.92 Å². The van der Waals surface area contributed by atoms with Crippen molar-refractivity contribution in [3.8, 4) is 0 Å². The van der Waals surface area contributed by atoms with Crippen LogP contribution in [0.4, 0.5) is 0 Å². The van der Waals surface area contributed by atoms with Crippen LogP contribution in [0.25, 0.3) is 0 Å². The lowest BCUT2D eigenvalue weighted by Crippen LogP contribution is -2.23. The molecule has 3 unspecified atom stereocenters. The van der Waals surface area contributed by atoms with E-state index < -0.39 is 0 Å². The molecule has 0 bridgehead atoms. The molecule has 2 N–H and O–H groups in total. The van der Waals surface area contributed by atoms with E-state index in [0.717, 1.165) is 10.5 Å². The molecule has 1 rings (SSSR count). The average Bonchev–Trinajstić information content (AvgIpc) is 2.27. The molecule has 2 nitrogen and oxygen atoms in total. The third-order valence-corrected chi connectivity index (χ3v) is 3.77. The molecule has 0 aliphatic carbocycles. The molecular formula is C12H21NOSi. The molecule has 0 heterocycles. The van der Waals surface area contributed by atoms with Crippen LogP contribution in [0, 0.1) is 0 Å². The van der Waals surface area contributed by atoms with Gasteiger partial charge in [0.25, 0.3) is 0 Å². The van der Waals surface area contributed by atoms with Gasteiger partial charge in [0.05, 0.1) is 6.10 Å². The number of nitrogens with two attached hydrogens (primary N) is 1. The quantitative estimate of drug-likeness (QED) is 0.785. The van der Waals surface area contributed by atoms with Gasteiger partial charge in [-0.15, -0.1) is 0 Å². The molecule has 1 aromatic carbocycles. The van der Waals surface area contributed by atoms with Gasteiger partial charge >= 0.3 is 0 Å². The first-order chi connectivity index (χ1) is 7.07. The van der Waals surface area contributed by atoms with Crippen molar-refractivity contribution in [1.29, 1.82) is 0 Å². The molecule has 0 spiro atoms. The fourth-order valence-corrected chi connectivity index (χ4v) is 1.96. The Morgan fingerprint density at radius 2 is 1.67 bits per heavy atom. The predicted octanol–water partition coefficient (Wildman–Crippen LogP) is 1.50. The van der Waals surface area contributed by atoms with E-state index in [9.17, 15) is 0 Å². The minimum absolute atomic E-state index is 0.174. The van der Waals surface area contributed by atoms with Gasteiger partial charge in [-0.3, -0.25) is 0 Å². The lowest BCUT2D eigenvalue weighted by molar-refractivity contribution is 0.248. The molecule has 84 valence electrons. The highest BCUT2D eigenvalue weighted by molar-refractivity contribution is 5.98. The summed E-state index contributed by atoms with van der Waals surface area (Å²) >= 11 is 0. The molecular weight excluding hydrogens is 202 g/mol. The molecule has 15 heavy (non-hydrogen) atoms. The molecule has 0 aliphatic rings. The van der Waals surface area contributed by atoms with Crippen molar-refractivity contribution in [3.63, 3.8) is 0 Å². The van der Waals surface area contributed by atoms with Crippen LogP contribution in [-0.4, -0.2) is 16.5 Å². The van der Waals surface area contributed by atoms with Crippen molar-refractivity contribution in [1.82, 2.24) is 0 Å². The van der Waals surface area contributed by atoms with Gasteiger partial charge in [0.15, 0.2) is 0 Å². The SMILES string of the molecule is CC(O[SiH3])c1ccccc1C(C)C(C)N. The van der Waals surface area contributed by atoms with Crippen molar-refractivity contribution in [2.24, 2.45) is 5.73 Å². The Morgan fingerprint density at radius 3 is 2.13 bits per heavy atom. The second-order valence-electron chi connectivity index (χ2n) is 4.15. The van der Waals surface area contributed by atoms with E-state index in [-0.39, 0.29) is 12.1 Å². The number of hydrogen-bond donors (Lipinski definition) is 1. The molecule has 3 atom stereocenters. The summed E-state index contributed by atoms with van der Waals surface area (Å²) in [7, 11) is 0.766. The summed E-state index contributed by atoms with van der Waals surface area (Å²) in [5, 5.41) is 0. The molecule has 1 aromatic rings. The van der Waals surface area contributed by atoms with Crippen molar-refractivity contribution in [2.75, 3.05) is 0 Å². The number of hydrogen-bond acceptors (Lipinski definition) is 2. The maximum atomic E-state index is 5.95. The summed E-state index contributed by atoms with van der Waals surface area (Å²) in [4.78, 5) is 0. The van der Waals surface area contributed by atoms with E-state index in [1.165, 1.54) is 11.1 Å². The van der Waals surface area contributed by atoms with Gasteiger partial charge in [-0.1, -0.05) is 31.2 Å². The van der Waals surface area contributed by atoms with Gasteiger partial charge in [0.2, 0.25) is 0 Å². The summed E-state index contributed by atoms with van der Waals surface area (Å²) < 4.78 is 5.50. The zero-order valence-electron chi connectivity index (χ0n) is 10.0. The van der Waals surface area contributed by atoms with Gasteiger partial charge in [0, 0.05) is 6.04 Å². The molecule has 0 radical (unpaired) electrons. The largest absolute Gasteiger partial charge is 0.421 e. The molecule has 0 saturated carbocycles. The Hall–Kier alpha value is -0.643. The third-order valence-electron chi connectivity index (χ3n) is 3.07. The van der Waals surface area contributed by atoms with E-state index >= 15 is 0 Å². The topological polar surface area (TPSA) is 35.2 Å². The molecule has 3 heteroatoms. The van der Waals surface area contributed by atoms with Crippen LogP contribution >= 0.6 is 0 Å². The highest BCUT2D eigenvalue weighted by Gasteiger charge is 2.16. The van der Waals surface area contributed by atoms with Crippen LogP contribution in [0.3, 0.4) is 0 Å². The van der Waals surface area contributed by atoms with E-state index in [0.29, 0.717) is 5.92 Å². The first kappa shape index (κ1) is 12.4. The van der Waals surface area contributed by atoms with Crippen molar-refractivity contribution in [3.05, 3.63) is 35.4 Å². The summed E-state index contributed by atoms with van der Waals surface area (Å²) in [5.74, 6) is 0.375. The number of benzene rings is 1. The number of rotatable bonds is 4. The summed E-state index contributed by atoms with van der Waals surface area (Å²) in [6.07, 6.45) is 0.189. The van der Waals surface area contributed by atoms with Gasteiger partial charge in [-0.2, -0.15) is 0 Å². The lowest BCUT2D eigenvalue weighted by atomic mass is 9.89. The highest BCUT2D eigenvalue weighted by atomic mass is 28.2. The van der Waals surface area contributed by atoms with E-state index in [1.54, 1.807) is 0 Å². The van der Waals surface area contributed by atoms with Crippen molar-refractivity contribution < 1.29 is 4.43 Å². The minimum atomic E-state index is 0.174. The molecule has 0 fully saturated rings. The van der Waals surface area contributed by atoms with E-state index in [4.69, 9.17) is 10.2 Å². The van der Waals surface area contributed by atoms with Crippen LogP contribution in [0.2, 0.25) is 0 Å². The van der Waals surface area contributed by atoms with Crippen molar-refractivity contribution in [2.45, 2.75) is 38.8 Å². The first-order valence-corrected chi connectivity index (χ1v) is 6.26. The summed E-state index contributed by atoms with van der Waals surface area (Å²) in [5.41, 5.74) is 8.54. The Balaban J connectivity index is 3.06. The smallest absolute Gasteiger partial charge is 0.146 e. The van der Waals surface area contributed by atoms with Gasteiger partial charge in [-0.05, 0) is 30.9 Å². The zero-order valence-corrected chi connectivity index (χ0v) is 12.0. The Labute approximate surface area is 95.4 Å². The summed E-state index contributed by atoms with van der Waals surface area (Å²) in [6, 6.07) is 8.59. The Bertz CT molecular complexity index is 314. The maximum absolute atomic E-state index is 5.95. The fraction of sp³-hybridized carbons (Fsp3) is 0.500. The minimum Gasteiger partial charge on any atom is -0.421 e. The van der Waals surface area contributed by atoms with Crippen LogP contribution < -0.4 is 5.73 Å². The van der Waals surface area contributed by atoms with Gasteiger partial charge < -0.3 is 10.2 Å². The Kier molecular flexibility index (Phi) is 4.51. The Morgan fingerprint density at radius 1 is 1.13 bits per heavy atom. The molecule has 0 aliphatic heterocycles. The second kappa shape index (κ2) is 5.44. The lowest BCUT2D eigenvalue weighted by Gasteiger charge is -2.22. The van der Waals surface area contributed by atoms with Gasteiger partial charge in [-0.25, -0.2) is 0 Å². The van der Waals surface area contributed by atoms with E-state index in [2.05, 4.69) is 38.1 Å². The zero-order chi connectivity index (χ0) is 11.4. The first-order valence-electron chi connectivity index (χ1n) is 5.45. The predicted molar refractivity (Wildman–Crippen MR) is 67.9 cm³/mol. The van der Waals surface area contributed by atoms with Crippen LogP contribution in [0.5, 0.6) is 0 Å². The van der Waals surface area contributed by atoms with Crippen LogP contribution in [0.1, 0.15) is 43.9 Å².